The van der Waals surface area contributed by atoms with Gasteiger partial charge in [-0.1, -0.05) is 22.0 Å². The molecule has 0 aliphatic carbocycles. The first kappa shape index (κ1) is 9.03. The Balaban J connectivity index is 2.30. The minimum Gasteiger partial charge on any atom is -0.380 e. The average molecular weight is 241 g/mol. The summed E-state index contributed by atoms with van der Waals surface area (Å²) in [6, 6.07) is 6.79. The smallest absolute Gasteiger partial charge is 0.0451 e. The van der Waals surface area contributed by atoms with E-state index in [1.54, 1.807) is 0 Å². The molecular formula is C10H13BrN2. The number of rotatable bonds is 1. The zero-order valence-electron chi connectivity index (χ0n) is 7.55. The van der Waals surface area contributed by atoms with Crippen LogP contribution in [-0.2, 0) is 6.42 Å². The zero-order chi connectivity index (χ0) is 9.42. The minimum atomic E-state index is 0.194. The number of halogens is 1. The first-order valence-corrected chi connectivity index (χ1v) is 5.27. The lowest BCUT2D eigenvalue weighted by molar-refractivity contribution is 0.612. The third kappa shape index (κ3) is 1.58. The van der Waals surface area contributed by atoms with Crippen molar-refractivity contribution in [3.05, 3.63) is 28.2 Å². The second-order valence-corrected chi connectivity index (χ2v) is 4.43. The number of nitrogens with one attached hydrogen (secondary N) is 1. The molecular weight excluding hydrogens is 228 g/mol. The molecule has 0 bridgehead atoms. The Hall–Kier alpha value is -0.540. The van der Waals surface area contributed by atoms with Crippen molar-refractivity contribution in [2.75, 3.05) is 5.32 Å². The molecule has 0 fully saturated rings. The molecule has 1 aliphatic rings. The molecule has 0 spiro atoms. The van der Waals surface area contributed by atoms with Crippen molar-refractivity contribution in [1.82, 2.24) is 0 Å². The highest BCUT2D eigenvalue weighted by Crippen LogP contribution is 2.32. The van der Waals surface area contributed by atoms with Crippen molar-refractivity contribution < 1.29 is 0 Å². The first-order chi connectivity index (χ1) is 6.18. The Bertz CT molecular complexity index is 323. The van der Waals surface area contributed by atoms with Crippen LogP contribution in [0.15, 0.2) is 22.7 Å². The number of nitrogens with two attached hydrogens (primary N) is 1. The Morgan fingerprint density at radius 2 is 2.38 bits per heavy atom. The van der Waals surface area contributed by atoms with Gasteiger partial charge in [-0.15, -0.1) is 0 Å². The van der Waals surface area contributed by atoms with Crippen LogP contribution in [0, 0.1) is 0 Å². The van der Waals surface area contributed by atoms with Crippen LogP contribution in [0.1, 0.15) is 12.5 Å². The summed E-state index contributed by atoms with van der Waals surface area (Å²) in [5, 5.41) is 3.42. The van der Waals surface area contributed by atoms with Gasteiger partial charge in [0.1, 0.15) is 0 Å². The average Bonchev–Trinajstić information content (AvgIpc) is 2.49. The van der Waals surface area contributed by atoms with Gasteiger partial charge in [-0.25, -0.2) is 0 Å². The molecule has 2 atom stereocenters. The van der Waals surface area contributed by atoms with Crippen molar-refractivity contribution in [2.45, 2.75) is 25.4 Å². The van der Waals surface area contributed by atoms with E-state index in [0.717, 1.165) is 6.42 Å². The Morgan fingerprint density at radius 3 is 3.00 bits per heavy atom. The van der Waals surface area contributed by atoms with E-state index in [-0.39, 0.29) is 6.04 Å². The molecule has 2 unspecified atom stereocenters. The lowest BCUT2D eigenvalue weighted by atomic mass is 10.1. The SMILES string of the molecule is CC(N)C1Cc2c(Br)cccc2N1. The van der Waals surface area contributed by atoms with Crippen molar-refractivity contribution in [1.29, 1.82) is 0 Å². The van der Waals surface area contributed by atoms with Gasteiger partial charge < -0.3 is 11.1 Å². The third-order valence-corrected chi connectivity index (χ3v) is 3.26. The van der Waals surface area contributed by atoms with Crippen molar-refractivity contribution in [3.8, 4) is 0 Å². The molecule has 3 heteroatoms. The predicted octanol–water partition coefficient (Wildman–Crippen LogP) is 2.13. The molecule has 1 heterocycles. The van der Waals surface area contributed by atoms with E-state index in [1.165, 1.54) is 15.7 Å². The molecule has 1 aliphatic heterocycles. The molecule has 0 saturated heterocycles. The van der Waals surface area contributed by atoms with Gasteiger partial charge >= 0.3 is 0 Å². The third-order valence-electron chi connectivity index (χ3n) is 2.52. The van der Waals surface area contributed by atoms with Crippen LogP contribution in [0.4, 0.5) is 5.69 Å². The van der Waals surface area contributed by atoms with E-state index < -0.39 is 0 Å². The summed E-state index contributed by atoms with van der Waals surface area (Å²) in [4.78, 5) is 0. The van der Waals surface area contributed by atoms with Crippen LogP contribution in [-0.4, -0.2) is 12.1 Å². The number of fused-ring (bicyclic) bond motifs is 1. The predicted molar refractivity (Wildman–Crippen MR) is 58.9 cm³/mol. The highest BCUT2D eigenvalue weighted by Gasteiger charge is 2.24. The number of hydrogen-bond donors (Lipinski definition) is 2. The number of benzene rings is 1. The van der Waals surface area contributed by atoms with Gasteiger partial charge in [0.15, 0.2) is 0 Å². The Morgan fingerprint density at radius 1 is 1.62 bits per heavy atom. The maximum absolute atomic E-state index is 5.85. The Kier molecular flexibility index (Phi) is 2.30. The van der Waals surface area contributed by atoms with Gasteiger partial charge in [0.05, 0.1) is 0 Å². The van der Waals surface area contributed by atoms with Crippen molar-refractivity contribution >= 4 is 21.6 Å². The number of anilines is 1. The van der Waals surface area contributed by atoms with Crippen LogP contribution < -0.4 is 11.1 Å². The van der Waals surface area contributed by atoms with E-state index in [9.17, 15) is 0 Å². The van der Waals surface area contributed by atoms with E-state index in [1.807, 2.05) is 13.0 Å². The topological polar surface area (TPSA) is 38.0 Å². The maximum atomic E-state index is 5.85. The minimum absolute atomic E-state index is 0.194. The largest absolute Gasteiger partial charge is 0.380 e. The molecule has 1 aromatic carbocycles. The normalized spacial score (nSPS) is 22.2. The molecule has 1 aromatic rings. The Labute approximate surface area is 86.6 Å². The van der Waals surface area contributed by atoms with E-state index in [4.69, 9.17) is 5.73 Å². The van der Waals surface area contributed by atoms with Crippen LogP contribution in [0.3, 0.4) is 0 Å². The fourth-order valence-corrected chi connectivity index (χ4v) is 2.22. The lowest BCUT2D eigenvalue weighted by Gasteiger charge is -2.14. The van der Waals surface area contributed by atoms with Crippen molar-refractivity contribution in [2.24, 2.45) is 5.73 Å². The summed E-state index contributed by atoms with van der Waals surface area (Å²) in [6.45, 7) is 2.04. The zero-order valence-corrected chi connectivity index (χ0v) is 9.14. The number of hydrogen-bond acceptors (Lipinski definition) is 2. The van der Waals surface area contributed by atoms with Crippen LogP contribution >= 0.6 is 15.9 Å². The van der Waals surface area contributed by atoms with Crippen LogP contribution in [0.5, 0.6) is 0 Å². The molecule has 0 aromatic heterocycles. The van der Waals surface area contributed by atoms with E-state index >= 15 is 0 Å². The summed E-state index contributed by atoms with van der Waals surface area (Å²) in [7, 11) is 0. The van der Waals surface area contributed by atoms with Gasteiger partial charge in [0.25, 0.3) is 0 Å². The van der Waals surface area contributed by atoms with Gasteiger partial charge in [-0.3, -0.25) is 0 Å². The lowest BCUT2D eigenvalue weighted by Crippen LogP contribution is -2.36. The second-order valence-electron chi connectivity index (χ2n) is 3.58. The summed E-state index contributed by atoms with van der Waals surface area (Å²) in [5.74, 6) is 0. The molecule has 2 nitrogen and oxygen atoms in total. The van der Waals surface area contributed by atoms with Crippen LogP contribution in [0.25, 0.3) is 0 Å². The quantitative estimate of drug-likeness (QED) is 0.790. The molecule has 0 amide bonds. The van der Waals surface area contributed by atoms with Crippen molar-refractivity contribution in [3.63, 3.8) is 0 Å². The van der Waals surface area contributed by atoms with Gasteiger partial charge in [-0.05, 0) is 31.0 Å². The van der Waals surface area contributed by atoms with Crippen LogP contribution in [0.2, 0.25) is 0 Å². The summed E-state index contributed by atoms with van der Waals surface area (Å²) in [6.07, 6.45) is 1.02. The fourth-order valence-electron chi connectivity index (χ4n) is 1.69. The maximum Gasteiger partial charge on any atom is 0.0451 e. The fraction of sp³-hybridized carbons (Fsp3) is 0.400. The summed E-state index contributed by atoms with van der Waals surface area (Å²) in [5.41, 5.74) is 8.42. The standard InChI is InChI=1S/C10H13BrN2/c1-6(12)10-5-7-8(11)3-2-4-9(7)13-10/h2-4,6,10,13H,5,12H2,1H3. The van der Waals surface area contributed by atoms with Gasteiger partial charge in [0, 0.05) is 22.2 Å². The monoisotopic (exact) mass is 240 g/mol. The second kappa shape index (κ2) is 3.31. The molecule has 0 saturated carbocycles. The molecule has 13 heavy (non-hydrogen) atoms. The van der Waals surface area contributed by atoms with E-state index in [2.05, 4.69) is 33.4 Å². The summed E-state index contributed by atoms with van der Waals surface area (Å²) < 4.78 is 1.18. The van der Waals surface area contributed by atoms with E-state index in [0.29, 0.717) is 6.04 Å². The summed E-state index contributed by atoms with van der Waals surface area (Å²) >= 11 is 3.54. The highest BCUT2D eigenvalue weighted by molar-refractivity contribution is 9.10. The molecule has 2 rings (SSSR count). The van der Waals surface area contributed by atoms with Gasteiger partial charge in [0.2, 0.25) is 0 Å². The first-order valence-electron chi connectivity index (χ1n) is 4.48. The molecule has 0 radical (unpaired) electrons. The van der Waals surface area contributed by atoms with Gasteiger partial charge in [-0.2, -0.15) is 0 Å². The highest BCUT2D eigenvalue weighted by atomic mass is 79.9. The molecule has 70 valence electrons. The molecule has 3 N–H and O–H groups in total.